The first-order chi connectivity index (χ1) is 10.1. The van der Waals surface area contributed by atoms with Crippen molar-refractivity contribution in [2.24, 2.45) is 0 Å². The van der Waals surface area contributed by atoms with Crippen LogP contribution in [0.3, 0.4) is 0 Å². The number of ether oxygens (including phenoxy) is 2. The van der Waals surface area contributed by atoms with Crippen molar-refractivity contribution < 1.29 is 14.3 Å². The van der Waals surface area contributed by atoms with Crippen LogP contribution in [0.4, 0.5) is 0 Å². The van der Waals surface area contributed by atoms with Gasteiger partial charge in [-0.1, -0.05) is 30.4 Å². The lowest BCUT2D eigenvalue weighted by Gasteiger charge is -2.31. The number of ketones is 1. The summed E-state index contributed by atoms with van der Waals surface area (Å²) in [6.07, 6.45) is -0.126. The largest absolute Gasteiger partial charge is 0.462 e. The van der Waals surface area contributed by atoms with Crippen molar-refractivity contribution in [2.75, 3.05) is 19.4 Å². The van der Waals surface area contributed by atoms with Crippen molar-refractivity contribution in [1.82, 2.24) is 4.90 Å². The van der Waals surface area contributed by atoms with Gasteiger partial charge in [0.25, 0.3) is 0 Å². The number of carbonyl (C=O) groups is 1. The Kier molecular flexibility index (Phi) is 6.02. The van der Waals surface area contributed by atoms with Crippen LogP contribution in [0.15, 0.2) is 30.3 Å². The number of methoxy groups -OCH3 is 1. The van der Waals surface area contributed by atoms with Crippen LogP contribution < -0.4 is 4.74 Å². The number of hydrogen-bond donors (Lipinski definition) is 0. The van der Waals surface area contributed by atoms with Gasteiger partial charge in [0.05, 0.1) is 11.4 Å². The Labute approximate surface area is 134 Å². The molecule has 0 bridgehead atoms. The predicted molar refractivity (Wildman–Crippen MR) is 88.7 cm³/mol. The van der Waals surface area contributed by atoms with E-state index in [9.17, 15) is 4.79 Å². The van der Waals surface area contributed by atoms with Crippen molar-refractivity contribution in [3.05, 3.63) is 30.3 Å². The van der Waals surface area contributed by atoms with Crippen LogP contribution in [0, 0.1) is 0 Å². The number of benzene rings is 1. The van der Waals surface area contributed by atoms with Crippen LogP contribution in [-0.4, -0.2) is 46.7 Å². The van der Waals surface area contributed by atoms with E-state index in [1.807, 2.05) is 35.2 Å². The number of carbonyl (C=O) groups excluding carboxylic acids is 1. The zero-order chi connectivity index (χ0) is 15.2. The molecule has 0 aromatic heterocycles. The molecule has 1 fully saturated rings. The first kappa shape index (κ1) is 16.3. The molecule has 0 amide bonds. The Hall–Kier alpha value is -1.11. The average molecular weight is 325 g/mol. The normalized spacial score (nSPS) is 19.3. The molecule has 1 aliphatic heterocycles. The fraction of sp³-hybridized carbons (Fsp3) is 0.467. The van der Waals surface area contributed by atoms with E-state index in [2.05, 4.69) is 0 Å². The van der Waals surface area contributed by atoms with Crippen molar-refractivity contribution in [1.29, 1.82) is 0 Å². The molecule has 114 valence electrons. The first-order valence-corrected chi connectivity index (χ1v) is 8.22. The molecule has 0 radical (unpaired) electrons. The fourth-order valence-electron chi connectivity index (χ4n) is 2.15. The molecule has 1 aliphatic rings. The van der Waals surface area contributed by atoms with Gasteiger partial charge >= 0.3 is 0 Å². The number of hydrogen-bond acceptors (Lipinski definition) is 5. The standard InChI is InChI=1S/C15H19NO3S2/c1-11(17)10-13(20)16-8-9-21-14(16)15(18-2)19-12-6-4-3-5-7-12/h3-7,14-15H,8-10H2,1-2H3. The van der Waals surface area contributed by atoms with Gasteiger partial charge < -0.3 is 14.4 Å². The van der Waals surface area contributed by atoms with Gasteiger partial charge in [0.15, 0.2) is 0 Å². The molecule has 1 heterocycles. The van der Waals surface area contributed by atoms with E-state index >= 15 is 0 Å². The minimum absolute atomic E-state index is 0.0259. The summed E-state index contributed by atoms with van der Waals surface area (Å²) in [6.45, 7) is 2.37. The first-order valence-electron chi connectivity index (χ1n) is 6.77. The third-order valence-electron chi connectivity index (χ3n) is 3.11. The number of thioether (sulfide) groups is 1. The Morgan fingerprint density at radius 3 is 2.81 bits per heavy atom. The molecule has 0 saturated carbocycles. The molecule has 2 rings (SSSR count). The topological polar surface area (TPSA) is 38.8 Å². The van der Waals surface area contributed by atoms with E-state index in [4.69, 9.17) is 21.7 Å². The van der Waals surface area contributed by atoms with Gasteiger partial charge in [-0.2, -0.15) is 0 Å². The molecule has 6 heteroatoms. The van der Waals surface area contributed by atoms with Crippen molar-refractivity contribution in [3.8, 4) is 5.75 Å². The number of thiocarbonyl (C=S) groups is 1. The Bertz CT molecular complexity index is 495. The smallest absolute Gasteiger partial charge is 0.229 e. The minimum atomic E-state index is -0.426. The van der Waals surface area contributed by atoms with Gasteiger partial charge in [0.1, 0.15) is 16.9 Å². The highest BCUT2D eigenvalue weighted by Gasteiger charge is 2.35. The summed E-state index contributed by atoms with van der Waals surface area (Å²) in [5.41, 5.74) is 0. The van der Waals surface area contributed by atoms with Crippen LogP contribution in [0.2, 0.25) is 0 Å². The number of nitrogens with zero attached hydrogens (tertiary/aromatic N) is 1. The maximum absolute atomic E-state index is 11.3. The van der Waals surface area contributed by atoms with E-state index < -0.39 is 6.29 Å². The van der Waals surface area contributed by atoms with Crippen LogP contribution in [0.25, 0.3) is 0 Å². The average Bonchev–Trinajstić information content (AvgIpc) is 2.94. The SMILES string of the molecule is COC(Oc1ccccc1)C1SCCN1C(=S)CC(C)=O. The third kappa shape index (κ3) is 4.43. The summed E-state index contributed by atoms with van der Waals surface area (Å²) < 4.78 is 11.4. The molecular formula is C15H19NO3S2. The number of Topliss-reactive ketones (excluding diaryl/α,β-unsaturated/α-hetero) is 1. The molecule has 2 atom stereocenters. The molecular weight excluding hydrogens is 306 g/mol. The highest BCUT2D eigenvalue weighted by Crippen LogP contribution is 2.30. The molecule has 0 aliphatic carbocycles. The van der Waals surface area contributed by atoms with E-state index in [-0.39, 0.29) is 11.2 Å². The zero-order valence-corrected chi connectivity index (χ0v) is 13.8. The van der Waals surface area contributed by atoms with Gasteiger partial charge in [-0.05, 0) is 19.1 Å². The lowest BCUT2D eigenvalue weighted by Crippen LogP contribution is -2.44. The maximum Gasteiger partial charge on any atom is 0.229 e. The summed E-state index contributed by atoms with van der Waals surface area (Å²) >= 11 is 7.11. The monoisotopic (exact) mass is 325 g/mol. The molecule has 1 aromatic carbocycles. The third-order valence-corrected chi connectivity index (χ3v) is 4.72. The summed E-state index contributed by atoms with van der Waals surface area (Å²) in [5, 5.41) is -0.0259. The Balaban J connectivity index is 2.05. The van der Waals surface area contributed by atoms with Gasteiger partial charge in [-0.3, -0.25) is 4.79 Å². The minimum Gasteiger partial charge on any atom is -0.462 e. The summed E-state index contributed by atoms with van der Waals surface area (Å²) in [4.78, 5) is 14.0. The number of para-hydroxylation sites is 1. The van der Waals surface area contributed by atoms with Crippen LogP contribution in [0.1, 0.15) is 13.3 Å². The van der Waals surface area contributed by atoms with Gasteiger partial charge in [0, 0.05) is 19.4 Å². The highest BCUT2D eigenvalue weighted by atomic mass is 32.2. The Morgan fingerprint density at radius 2 is 2.19 bits per heavy atom. The highest BCUT2D eigenvalue weighted by molar-refractivity contribution is 8.00. The van der Waals surface area contributed by atoms with Crippen molar-refractivity contribution in [2.45, 2.75) is 25.0 Å². The molecule has 21 heavy (non-hydrogen) atoms. The molecule has 4 nitrogen and oxygen atoms in total. The molecule has 1 aromatic rings. The van der Waals surface area contributed by atoms with Gasteiger partial charge in [0.2, 0.25) is 6.29 Å². The summed E-state index contributed by atoms with van der Waals surface area (Å²) in [7, 11) is 1.62. The lowest BCUT2D eigenvalue weighted by molar-refractivity contribution is -0.116. The molecule has 1 saturated heterocycles. The fourth-order valence-corrected chi connectivity index (χ4v) is 3.91. The van der Waals surface area contributed by atoms with Gasteiger partial charge in [-0.25, -0.2) is 0 Å². The second-order valence-electron chi connectivity index (χ2n) is 4.76. The van der Waals surface area contributed by atoms with Crippen LogP contribution in [0.5, 0.6) is 5.75 Å². The zero-order valence-electron chi connectivity index (χ0n) is 12.2. The van der Waals surface area contributed by atoms with E-state index in [0.29, 0.717) is 11.4 Å². The van der Waals surface area contributed by atoms with Crippen LogP contribution in [-0.2, 0) is 9.53 Å². The van der Waals surface area contributed by atoms with Crippen molar-refractivity contribution in [3.63, 3.8) is 0 Å². The number of rotatable bonds is 6. The summed E-state index contributed by atoms with van der Waals surface area (Å²) in [5.74, 6) is 1.78. The van der Waals surface area contributed by atoms with Crippen LogP contribution >= 0.6 is 24.0 Å². The predicted octanol–water partition coefficient (Wildman–Crippen LogP) is 2.72. The second kappa shape index (κ2) is 7.77. The molecule has 0 N–H and O–H groups in total. The van der Waals surface area contributed by atoms with Gasteiger partial charge in [-0.15, -0.1) is 11.8 Å². The second-order valence-corrected chi connectivity index (χ2v) is 6.46. The van der Waals surface area contributed by atoms with E-state index in [1.54, 1.807) is 25.8 Å². The Morgan fingerprint density at radius 1 is 1.48 bits per heavy atom. The lowest BCUT2D eigenvalue weighted by atomic mass is 10.3. The maximum atomic E-state index is 11.3. The van der Waals surface area contributed by atoms with Crippen molar-refractivity contribution >= 4 is 34.8 Å². The molecule has 0 spiro atoms. The summed E-state index contributed by atoms with van der Waals surface area (Å²) in [6, 6.07) is 9.56. The quantitative estimate of drug-likeness (QED) is 0.591. The van der Waals surface area contributed by atoms with E-state index in [0.717, 1.165) is 18.0 Å². The molecule has 2 unspecified atom stereocenters. The van der Waals surface area contributed by atoms with E-state index in [1.165, 1.54) is 0 Å².